The van der Waals surface area contributed by atoms with Crippen molar-refractivity contribution in [2.45, 2.75) is 19.5 Å². The van der Waals surface area contributed by atoms with Crippen LogP contribution in [0.25, 0.3) is 0 Å². The summed E-state index contributed by atoms with van der Waals surface area (Å²) in [4.78, 5) is 15.5. The zero-order chi connectivity index (χ0) is 13.0. The second kappa shape index (κ2) is 5.39. The molecule has 2 N–H and O–H groups in total. The molecule has 2 heterocycles. The highest BCUT2D eigenvalue weighted by Gasteiger charge is 2.12. The number of nitrogens with two attached hydrogens (primary N) is 1. The number of rotatable bonds is 5. The van der Waals surface area contributed by atoms with E-state index in [0.29, 0.717) is 17.9 Å². The van der Waals surface area contributed by atoms with Gasteiger partial charge in [-0.2, -0.15) is 0 Å². The van der Waals surface area contributed by atoms with Crippen LogP contribution in [0.5, 0.6) is 0 Å². The van der Waals surface area contributed by atoms with Crippen molar-refractivity contribution in [1.29, 1.82) is 0 Å². The fraction of sp³-hybridized carbons (Fsp3) is 0.333. The Kier molecular flexibility index (Phi) is 3.66. The van der Waals surface area contributed by atoms with Gasteiger partial charge in [0.25, 0.3) is 0 Å². The Hall–Kier alpha value is -2.24. The summed E-state index contributed by atoms with van der Waals surface area (Å²) >= 11 is 0. The maximum Gasteiger partial charge on any atom is 0.354 e. The summed E-state index contributed by atoms with van der Waals surface area (Å²) in [6.07, 6.45) is 8.05. The fourth-order valence-corrected chi connectivity index (χ4v) is 1.84. The lowest BCUT2D eigenvalue weighted by Gasteiger charge is -2.07. The molecule has 6 heteroatoms. The molecule has 0 amide bonds. The van der Waals surface area contributed by atoms with Gasteiger partial charge < -0.3 is 19.6 Å². The molecular weight excluding hydrogens is 232 g/mol. The highest BCUT2D eigenvalue weighted by molar-refractivity contribution is 5.88. The van der Waals surface area contributed by atoms with Crippen LogP contribution >= 0.6 is 0 Å². The quantitative estimate of drug-likeness (QED) is 0.805. The molecule has 0 aromatic carbocycles. The normalized spacial score (nSPS) is 10.5. The molecule has 2 aromatic heterocycles. The molecule has 96 valence electrons. The van der Waals surface area contributed by atoms with Gasteiger partial charge in [-0.15, -0.1) is 0 Å². The molecule has 18 heavy (non-hydrogen) atoms. The van der Waals surface area contributed by atoms with E-state index in [1.807, 2.05) is 15.3 Å². The lowest BCUT2D eigenvalue weighted by atomic mass is 10.3. The van der Waals surface area contributed by atoms with Gasteiger partial charge in [-0.3, -0.25) is 0 Å². The number of aryl methyl sites for hydroxylation is 2. The van der Waals surface area contributed by atoms with E-state index in [9.17, 15) is 4.79 Å². The average molecular weight is 248 g/mol. The van der Waals surface area contributed by atoms with E-state index >= 15 is 0 Å². The van der Waals surface area contributed by atoms with Crippen molar-refractivity contribution in [3.05, 3.63) is 36.7 Å². The first-order chi connectivity index (χ1) is 8.70. The number of nitrogens with zero attached hydrogens (tertiary/aromatic N) is 3. The maximum atomic E-state index is 11.5. The van der Waals surface area contributed by atoms with Crippen LogP contribution in [0.1, 0.15) is 16.9 Å². The Morgan fingerprint density at radius 1 is 1.50 bits per heavy atom. The number of ether oxygens (including phenoxy) is 1. The summed E-state index contributed by atoms with van der Waals surface area (Å²) in [6, 6.07) is 1.63. The Morgan fingerprint density at radius 2 is 2.33 bits per heavy atom. The molecular formula is C12H16N4O2. The highest BCUT2D eigenvalue weighted by Crippen LogP contribution is 2.12. The molecule has 2 rings (SSSR count). The number of aromatic nitrogens is 3. The van der Waals surface area contributed by atoms with E-state index < -0.39 is 0 Å². The molecule has 0 bridgehead atoms. The fourth-order valence-electron chi connectivity index (χ4n) is 1.84. The van der Waals surface area contributed by atoms with Gasteiger partial charge in [0.1, 0.15) is 5.69 Å². The van der Waals surface area contributed by atoms with E-state index in [1.165, 1.54) is 7.11 Å². The predicted octanol–water partition coefficient (Wildman–Crippen LogP) is 1.14. The number of anilines is 1. The number of carbonyl (C=O) groups is 1. The van der Waals surface area contributed by atoms with Gasteiger partial charge in [-0.05, 0) is 12.5 Å². The van der Waals surface area contributed by atoms with Crippen LogP contribution in [0.3, 0.4) is 0 Å². The maximum absolute atomic E-state index is 11.5. The third-order valence-corrected chi connectivity index (χ3v) is 2.69. The van der Waals surface area contributed by atoms with Gasteiger partial charge in [-0.1, -0.05) is 0 Å². The van der Waals surface area contributed by atoms with Crippen molar-refractivity contribution in [2.75, 3.05) is 12.8 Å². The van der Waals surface area contributed by atoms with Crippen molar-refractivity contribution < 1.29 is 9.53 Å². The van der Waals surface area contributed by atoms with E-state index in [1.54, 1.807) is 24.8 Å². The van der Waals surface area contributed by atoms with Crippen molar-refractivity contribution in [3.8, 4) is 0 Å². The molecule has 0 unspecified atom stereocenters. The summed E-state index contributed by atoms with van der Waals surface area (Å²) < 4.78 is 8.52. The molecule has 0 spiro atoms. The minimum absolute atomic E-state index is 0.366. The van der Waals surface area contributed by atoms with Crippen LogP contribution in [-0.2, 0) is 17.8 Å². The zero-order valence-electron chi connectivity index (χ0n) is 10.2. The van der Waals surface area contributed by atoms with Crippen molar-refractivity contribution in [3.63, 3.8) is 0 Å². The number of hydrogen-bond acceptors (Lipinski definition) is 4. The van der Waals surface area contributed by atoms with Crippen LogP contribution in [-0.4, -0.2) is 27.2 Å². The summed E-state index contributed by atoms with van der Waals surface area (Å²) in [7, 11) is 1.36. The molecule has 0 aliphatic carbocycles. The Morgan fingerprint density at radius 3 is 3.00 bits per heavy atom. The lowest BCUT2D eigenvalue weighted by molar-refractivity contribution is 0.0588. The number of methoxy groups -OCH3 is 1. The predicted molar refractivity (Wildman–Crippen MR) is 67.0 cm³/mol. The van der Waals surface area contributed by atoms with Gasteiger partial charge in [0.05, 0.1) is 19.1 Å². The average Bonchev–Trinajstić information content (AvgIpc) is 2.98. The largest absolute Gasteiger partial charge is 0.464 e. The molecule has 0 saturated carbocycles. The number of nitrogen functional groups attached to an aromatic ring is 1. The number of carbonyl (C=O) groups excluding carboxylic acids is 1. The SMILES string of the molecule is COC(=O)c1cc(N)cn1CCCn1ccnc1. The summed E-state index contributed by atoms with van der Waals surface area (Å²) in [5, 5.41) is 0. The summed E-state index contributed by atoms with van der Waals surface area (Å²) in [5.74, 6) is -0.366. The molecule has 0 aliphatic rings. The lowest BCUT2D eigenvalue weighted by Crippen LogP contribution is -2.11. The molecule has 2 aromatic rings. The summed E-state index contributed by atoms with van der Waals surface area (Å²) in [6.45, 7) is 1.55. The van der Waals surface area contributed by atoms with E-state index in [0.717, 1.165) is 13.0 Å². The Balaban J connectivity index is 1.98. The van der Waals surface area contributed by atoms with Gasteiger partial charge >= 0.3 is 5.97 Å². The minimum atomic E-state index is -0.366. The zero-order valence-corrected chi connectivity index (χ0v) is 10.2. The van der Waals surface area contributed by atoms with Crippen LogP contribution in [0.4, 0.5) is 5.69 Å². The second-order valence-corrected chi connectivity index (χ2v) is 4.00. The van der Waals surface area contributed by atoms with E-state index in [2.05, 4.69) is 4.98 Å². The van der Waals surface area contributed by atoms with E-state index in [-0.39, 0.29) is 5.97 Å². The molecule has 6 nitrogen and oxygen atoms in total. The molecule has 0 saturated heterocycles. The van der Waals surface area contributed by atoms with Crippen LogP contribution < -0.4 is 5.73 Å². The standard InChI is InChI=1S/C12H16N4O2/c1-18-12(17)11-7-10(13)8-16(11)5-2-4-15-6-3-14-9-15/h3,6-9H,2,4-5,13H2,1H3. The van der Waals surface area contributed by atoms with Gasteiger partial charge in [0.2, 0.25) is 0 Å². The molecule has 0 aliphatic heterocycles. The number of hydrogen-bond donors (Lipinski definition) is 1. The van der Waals surface area contributed by atoms with Crippen LogP contribution in [0, 0.1) is 0 Å². The first kappa shape index (κ1) is 12.2. The molecule has 0 atom stereocenters. The Labute approximate surface area is 105 Å². The number of imidazole rings is 1. The monoisotopic (exact) mass is 248 g/mol. The van der Waals surface area contributed by atoms with Gasteiger partial charge in [0, 0.05) is 31.7 Å². The third kappa shape index (κ3) is 2.71. The summed E-state index contributed by atoms with van der Waals surface area (Å²) in [5.41, 5.74) is 6.75. The first-order valence-electron chi connectivity index (χ1n) is 5.70. The van der Waals surface area contributed by atoms with Crippen molar-refractivity contribution in [2.24, 2.45) is 0 Å². The van der Waals surface area contributed by atoms with Crippen molar-refractivity contribution in [1.82, 2.24) is 14.1 Å². The second-order valence-electron chi connectivity index (χ2n) is 4.00. The topological polar surface area (TPSA) is 75.1 Å². The Bertz CT molecular complexity index is 516. The highest BCUT2D eigenvalue weighted by atomic mass is 16.5. The van der Waals surface area contributed by atoms with Gasteiger partial charge in [0.15, 0.2) is 0 Å². The third-order valence-electron chi connectivity index (χ3n) is 2.69. The van der Waals surface area contributed by atoms with Crippen LogP contribution in [0.15, 0.2) is 31.0 Å². The van der Waals surface area contributed by atoms with E-state index in [4.69, 9.17) is 10.5 Å². The van der Waals surface area contributed by atoms with Crippen LogP contribution in [0.2, 0.25) is 0 Å². The number of esters is 1. The van der Waals surface area contributed by atoms with Crippen molar-refractivity contribution >= 4 is 11.7 Å². The van der Waals surface area contributed by atoms with Gasteiger partial charge in [-0.25, -0.2) is 9.78 Å². The molecule has 0 radical (unpaired) electrons. The first-order valence-corrected chi connectivity index (χ1v) is 5.70. The molecule has 0 fully saturated rings. The smallest absolute Gasteiger partial charge is 0.354 e. The minimum Gasteiger partial charge on any atom is -0.464 e.